The van der Waals surface area contributed by atoms with E-state index in [1.807, 2.05) is 6.92 Å². The maximum absolute atomic E-state index is 13.2. The lowest BCUT2D eigenvalue weighted by Crippen LogP contribution is -2.41. The highest BCUT2D eigenvalue weighted by atomic mass is 32.2. The predicted octanol–water partition coefficient (Wildman–Crippen LogP) is 3.10. The van der Waals surface area contributed by atoms with Crippen molar-refractivity contribution in [3.63, 3.8) is 0 Å². The van der Waals surface area contributed by atoms with E-state index >= 15 is 0 Å². The largest absolute Gasteiger partial charge is 0.463 e. The number of nitrogens with zero attached hydrogens (tertiary/aromatic N) is 1. The minimum absolute atomic E-state index is 0.152. The fraction of sp³-hybridized carbons (Fsp3) is 0.333. The Hall–Kier alpha value is -3.01. The highest BCUT2D eigenvalue weighted by molar-refractivity contribution is 7.89. The number of carbonyl (C=O) groups excluding carboxylic acids is 2. The van der Waals surface area contributed by atoms with Crippen LogP contribution in [-0.2, 0) is 30.7 Å². The molecule has 0 atom stereocenters. The van der Waals surface area contributed by atoms with Crippen LogP contribution in [0.4, 0.5) is 5.69 Å². The molecule has 2 aromatic carbocycles. The van der Waals surface area contributed by atoms with Crippen LogP contribution in [0.5, 0.6) is 0 Å². The summed E-state index contributed by atoms with van der Waals surface area (Å²) in [6, 6.07) is 11.7. The Morgan fingerprint density at radius 3 is 2.42 bits per heavy atom. The summed E-state index contributed by atoms with van der Waals surface area (Å²) in [5, 5.41) is 2.78. The molecule has 0 radical (unpaired) electrons. The summed E-state index contributed by atoms with van der Waals surface area (Å²) in [6.45, 7) is 5.21. The minimum atomic E-state index is -3.73. The number of morpholine rings is 1. The second kappa shape index (κ2) is 11.2. The Bertz CT molecular complexity index is 1120. The van der Waals surface area contributed by atoms with E-state index in [4.69, 9.17) is 9.47 Å². The number of rotatable bonds is 8. The van der Waals surface area contributed by atoms with Crippen molar-refractivity contribution in [1.82, 2.24) is 4.31 Å². The van der Waals surface area contributed by atoms with Crippen LogP contribution < -0.4 is 5.32 Å². The predicted molar refractivity (Wildman–Crippen MR) is 125 cm³/mol. The molecule has 8 nitrogen and oxygen atoms in total. The van der Waals surface area contributed by atoms with E-state index in [9.17, 15) is 18.0 Å². The number of sulfonamides is 1. The van der Waals surface area contributed by atoms with Crippen LogP contribution in [0.3, 0.4) is 0 Å². The molecule has 1 aliphatic rings. The lowest BCUT2D eigenvalue weighted by atomic mass is 10.1. The van der Waals surface area contributed by atoms with Gasteiger partial charge in [0.25, 0.3) is 5.91 Å². The zero-order chi connectivity index (χ0) is 23.8. The van der Waals surface area contributed by atoms with Crippen LogP contribution >= 0.6 is 0 Å². The Labute approximate surface area is 194 Å². The number of benzene rings is 2. The van der Waals surface area contributed by atoms with Gasteiger partial charge in [-0.1, -0.05) is 25.1 Å². The number of ether oxygens (including phenoxy) is 2. The van der Waals surface area contributed by atoms with Crippen LogP contribution in [0, 0.1) is 0 Å². The third-order valence-electron chi connectivity index (χ3n) is 5.17. The smallest absolute Gasteiger partial charge is 0.330 e. The molecule has 176 valence electrons. The number of aryl methyl sites for hydroxylation is 1. The van der Waals surface area contributed by atoms with E-state index in [1.54, 1.807) is 49.4 Å². The number of amides is 1. The molecular weight excluding hydrogens is 444 g/mol. The van der Waals surface area contributed by atoms with Gasteiger partial charge in [0.05, 0.1) is 24.7 Å². The zero-order valence-electron chi connectivity index (χ0n) is 18.7. The molecule has 33 heavy (non-hydrogen) atoms. The van der Waals surface area contributed by atoms with E-state index in [-0.39, 0.29) is 10.5 Å². The summed E-state index contributed by atoms with van der Waals surface area (Å²) in [4.78, 5) is 24.4. The van der Waals surface area contributed by atoms with Crippen LogP contribution in [0.2, 0.25) is 0 Å². The van der Waals surface area contributed by atoms with Gasteiger partial charge in [0.1, 0.15) is 0 Å². The summed E-state index contributed by atoms with van der Waals surface area (Å²) in [7, 11) is -3.73. The lowest BCUT2D eigenvalue weighted by Gasteiger charge is -2.27. The number of hydrogen-bond acceptors (Lipinski definition) is 6. The van der Waals surface area contributed by atoms with Gasteiger partial charge in [-0.05, 0) is 54.8 Å². The third-order valence-corrected chi connectivity index (χ3v) is 7.15. The van der Waals surface area contributed by atoms with Gasteiger partial charge in [0.2, 0.25) is 10.0 Å². The first-order valence-electron chi connectivity index (χ1n) is 10.8. The molecule has 1 aliphatic heterocycles. The summed E-state index contributed by atoms with van der Waals surface area (Å²) < 4.78 is 37.9. The molecule has 2 aromatic rings. The summed E-state index contributed by atoms with van der Waals surface area (Å²) in [5.41, 5.74) is 2.23. The maximum Gasteiger partial charge on any atom is 0.330 e. The zero-order valence-corrected chi connectivity index (χ0v) is 19.6. The van der Waals surface area contributed by atoms with Gasteiger partial charge in [0, 0.05) is 30.4 Å². The Morgan fingerprint density at radius 1 is 1.09 bits per heavy atom. The van der Waals surface area contributed by atoms with Gasteiger partial charge < -0.3 is 14.8 Å². The standard InChI is InChI=1S/C24H28N2O6S/c1-3-19-8-9-20(17-22(19)33(29,30)26-13-15-31-16-14-26)24(28)25-21-10-5-18(6-11-21)7-12-23(27)32-4-2/h5-12,17H,3-4,13-16H2,1-2H3,(H,25,28)/b12-7+. The van der Waals surface area contributed by atoms with Crippen molar-refractivity contribution in [2.75, 3.05) is 38.2 Å². The molecule has 0 aliphatic carbocycles. The summed E-state index contributed by atoms with van der Waals surface area (Å²) in [5.74, 6) is -0.834. The van der Waals surface area contributed by atoms with E-state index in [0.717, 1.165) is 5.56 Å². The van der Waals surface area contributed by atoms with E-state index < -0.39 is 21.9 Å². The molecule has 0 saturated carbocycles. The molecule has 1 heterocycles. The number of hydrogen-bond donors (Lipinski definition) is 1. The first kappa shape index (κ1) is 24.6. The molecule has 1 fully saturated rings. The van der Waals surface area contributed by atoms with Gasteiger partial charge in [-0.25, -0.2) is 13.2 Å². The van der Waals surface area contributed by atoms with Crippen molar-refractivity contribution in [3.8, 4) is 0 Å². The van der Waals surface area contributed by atoms with E-state index in [1.165, 1.54) is 16.4 Å². The van der Waals surface area contributed by atoms with Crippen LogP contribution in [0.25, 0.3) is 6.08 Å². The topological polar surface area (TPSA) is 102 Å². The molecule has 0 unspecified atom stereocenters. The first-order chi connectivity index (χ1) is 15.8. The Balaban J connectivity index is 1.76. The van der Waals surface area contributed by atoms with Gasteiger partial charge >= 0.3 is 5.97 Å². The van der Waals surface area contributed by atoms with Crippen LogP contribution in [0.15, 0.2) is 53.4 Å². The van der Waals surface area contributed by atoms with Crippen molar-refractivity contribution in [2.24, 2.45) is 0 Å². The second-order valence-corrected chi connectivity index (χ2v) is 9.26. The van der Waals surface area contributed by atoms with Crippen molar-refractivity contribution >= 4 is 33.7 Å². The SMILES string of the molecule is CCOC(=O)/C=C/c1ccc(NC(=O)c2ccc(CC)c(S(=O)(=O)N3CCOCC3)c2)cc1. The minimum Gasteiger partial charge on any atom is -0.463 e. The average Bonchev–Trinajstić information content (AvgIpc) is 2.84. The molecule has 0 aromatic heterocycles. The molecule has 1 saturated heterocycles. The normalized spacial score (nSPS) is 14.8. The number of nitrogens with one attached hydrogen (secondary N) is 1. The highest BCUT2D eigenvalue weighted by Crippen LogP contribution is 2.24. The fourth-order valence-electron chi connectivity index (χ4n) is 3.39. The molecular formula is C24H28N2O6S. The van der Waals surface area contributed by atoms with Crippen LogP contribution in [-0.4, -0.2) is 57.5 Å². The number of esters is 1. The molecule has 1 N–H and O–H groups in total. The van der Waals surface area contributed by atoms with Gasteiger partial charge in [0.15, 0.2) is 0 Å². The van der Waals surface area contributed by atoms with E-state index in [2.05, 4.69) is 5.32 Å². The van der Waals surface area contributed by atoms with E-state index in [0.29, 0.717) is 50.6 Å². The van der Waals surface area contributed by atoms with Gasteiger partial charge in [-0.15, -0.1) is 0 Å². The number of carbonyl (C=O) groups is 2. The Kier molecular flexibility index (Phi) is 8.37. The molecule has 0 bridgehead atoms. The fourth-order valence-corrected chi connectivity index (χ4v) is 5.12. The van der Waals surface area contributed by atoms with Crippen molar-refractivity contribution < 1.29 is 27.5 Å². The molecule has 1 amide bonds. The number of anilines is 1. The Morgan fingerprint density at radius 2 is 1.79 bits per heavy atom. The maximum atomic E-state index is 13.2. The quantitative estimate of drug-likeness (QED) is 0.468. The van der Waals surface area contributed by atoms with Crippen molar-refractivity contribution in [3.05, 3.63) is 65.2 Å². The second-order valence-electron chi connectivity index (χ2n) is 7.35. The summed E-state index contributed by atoms with van der Waals surface area (Å²) in [6.07, 6.45) is 3.49. The van der Waals surface area contributed by atoms with Crippen molar-refractivity contribution in [2.45, 2.75) is 25.2 Å². The lowest BCUT2D eigenvalue weighted by molar-refractivity contribution is -0.137. The molecule has 9 heteroatoms. The monoisotopic (exact) mass is 472 g/mol. The average molecular weight is 473 g/mol. The molecule has 3 rings (SSSR count). The summed E-state index contributed by atoms with van der Waals surface area (Å²) >= 11 is 0. The van der Waals surface area contributed by atoms with Crippen molar-refractivity contribution in [1.29, 1.82) is 0 Å². The third kappa shape index (κ3) is 6.28. The molecule has 0 spiro atoms. The van der Waals surface area contributed by atoms with Crippen LogP contribution in [0.1, 0.15) is 35.3 Å². The first-order valence-corrected chi connectivity index (χ1v) is 12.3. The van der Waals surface area contributed by atoms with Gasteiger partial charge in [-0.2, -0.15) is 4.31 Å². The highest BCUT2D eigenvalue weighted by Gasteiger charge is 2.29. The van der Waals surface area contributed by atoms with Gasteiger partial charge in [-0.3, -0.25) is 4.79 Å².